The van der Waals surface area contributed by atoms with E-state index in [0.717, 1.165) is 0 Å². The van der Waals surface area contributed by atoms with Crippen LogP contribution >= 0.6 is 0 Å². The highest BCUT2D eigenvalue weighted by Crippen LogP contribution is 2.29. The molecule has 2 heterocycles. The second-order valence-electron chi connectivity index (χ2n) is 8.39. The van der Waals surface area contributed by atoms with Gasteiger partial charge in [-0.15, -0.1) is 0 Å². The van der Waals surface area contributed by atoms with Crippen molar-refractivity contribution in [1.82, 2.24) is 0 Å². The average Bonchev–Trinajstić information content (AvgIpc) is 2.82. The molecule has 0 aromatic rings. The van der Waals surface area contributed by atoms with Gasteiger partial charge in [0.2, 0.25) is 0 Å². The van der Waals surface area contributed by atoms with Crippen molar-refractivity contribution in [3.05, 3.63) is 0 Å². The topological polar surface area (TPSA) is 268 Å². The zero-order valence-corrected chi connectivity index (χ0v) is 18.4. The van der Waals surface area contributed by atoms with Gasteiger partial charge in [-0.1, -0.05) is 0 Å². The molecule has 12 N–H and O–H groups in total. The summed E-state index contributed by atoms with van der Waals surface area (Å²) in [5.74, 6) is -1.18. The molecule has 15 nitrogen and oxygen atoms in total. The summed E-state index contributed by atoms with van der Waals surface area (Å²) in [6.45, 7) is -1.62. The van der Waals surface area contributed by atoms with E-state index in [-0.39, 0.29) is 26.0 Å². The lowest BCUT2D eigenvalue weighted by Gasteiger charge is -2.46. The third kappa shape index (κ3) is 7.01. The Balaban J connectivity index is 2.11. The van der Waals surface area contributed by atoms with E-state index >= 15 is 0 Å². The molecule has 12 atom stereocenters. The van der Waals surface area contributed by atoms with Crippen molar-refractivity contribution < 1.29 is 64.6 Å². The highest BCUT2D eigenvalue weighted by molar-refractivity contribution is 5.72. The number of aliphatic hydroxyl groups excluding tert-OH is 7. The first-order chi connectivity index (χ1) is 16.0. The molecule has 0 amide bonds. The Morgan fingerprint density at radius 1 is 0.853 bits per heavy atom. The lowest BCUT2D eigenvalue weighted by atomic mass is 9.94. The molecule has 2 aliphatic heterocycles. The van der Waals surface area contributed by atoms with Crippen LogP contribution in [0.4, 0.5) is 0 Å². The number of rotatable bonds is 12. The number of aliphatic carboxylic acids is 1. The first-order valence-corrected chi connectivity index (χ1v) is 10.9. The molecule has 0 saturated carbocycles. The largest absolute Gasteiger partial charge is 0.480 e. The van der Waals surface area contributed by atoms with Gasteiger partial charge in [-0.2, -0.15) is 0 Å². The van der Waals surface area contributed by atoms with E-state index in [9.17, 15) is 40.5 Å². The van der Waals surface area contributed by atoms with Crippen LogP contribution in [-0.4, -0.2) is 147 Å². The number of ether oxygens (including phenoxy) is 4. The fourth-order valence-corrected chi connectivity index (χ4v) is 3.79. The van der Waals surface area contributed by atoms with E-state index in [2.05, 4.69) is 0 Å². The third-order valence-corrected chi connectivity index (χ3v) is 5.98. The second kappa shape index (κ2) is 13.3. The van der Waals surface area contributed by atoms with Crippen molar-refractivity contribution in [2.75, 3.05) is 26.4 Å². The fourth-order valence-electron chi connectivity index (χ4n) is 3.79. The van der Waals surface area contributed by atoms with Crippen LogP contribution < -0.4 is 11.5 Å². The van der Waals surface area contributed by atoms with Crippen molar-refractivity contribution in [3.63, 3.8) is 0 Å². The fraction of sp³-hybridized carbons (Fsp3) is 0.947. The molecular weight excluding hydrogens is 464 g/mol. The molecule has 2 aliphatic rings. The Kier molecular flexibility index (Phi) is 11.4. The van der Waals surface area contributed by atoms with Gasteiger partial charge in [0.25, 0.3) is 0 Å². The van der Waals surface area contributed by atoms with Crippen LogP contribution in [0.25, 0.3) is 0 Å². The zero-order chi connectivity index (χ0) is 25.6. The molecule has 200 valence electrons. The summed E-state index contributed by atoms with van der Waals surface area (Å²) in [6, 6.07) is -1.11. The van der Waals surface area contributed by atoms with Crippen LogP contribution in [0.2, 0.25) is 0 Å². The number of carbonyl (C=O) groups is 1. The highest BCUT2D eigenvalue weighted by Gasteiger charge is 2.50. The standard InChI is InChI=1S/C19H36N2O13/c20-3-7(1-2-8(21)18(29)30)31-6-11-17(15(27)13(25)9(4-22)32-11)34-19-16(28)14(26)12(24)10(5-23)33-19/h7-17,19,22-28H,1-6,20-21H2,(H,29,30)/t7?,8-,9+,10+,11-,12+,13-,14-,15-,16+,17-,19+/m0/s1. The molecule has 2 rings (SSSR count). The molecular formula is C19H36N2O13. The Morgan fingerprint density at radius 3 is 2.00 bits per heavy atom. The summed E-state index contributed by atoms with van der Waals surface area (Å²) in [7, 11) is 0. The molecule has 0 spiro atoms. The summed E-state index contributed by atoms with van der Waals surface area (Å²) in [5, 5.41) is 78.7. The van der Waals surface area contributed by atoms with Crippen LogP contribution in [0, 0.1) is 0 Å². The molecule has 2 saturated heterocycles. The molecule has 0 bridgehead atoms. The Labute approximate surface area is 195 Å². The molecule has 34 heavy (non-hydrogen) atoms. The lowest BCUT2D eigenvalue weighted by Crippen LogP contribution is -2.65. The van der Waals surface area contributed by atoms with Gasteiger partial charge < -0.3 is 71.3 Å². The van der Waals surface area contributed by atoms with E-state index in [4.69, 9.17) is 35.5 Å². The maximum Gasteiger partial charge on any atom is 0.320 e. The number of hydrogen-bond acceptors (Lipinski definition) is 14. The van der Waals surface area contributed by atoms with Crippen molar-refractivity contribution in [3.8, 4) is 0 Å². The summed E-state index contributed by atoms with van der Waals surface area (Å²) >= 11 is 0. The van der Waals surface area contributed by atoms with Crippen molar-refractivity contribution >= 4 is 5.97 Å². The molecule has 0 aromatic carbocycles. The predicted molar refractivity (Wildman–Crippen MR) is 110 cm³/mol. The third-order valence-electron chi connectivity index (χ3n) is 5.98. The molecule has 1 unspecified atom stereocenters. The summed E-state index contributed by atoms with van der Waals surface area (Å²) in [6.07, 6.45) is -15.4. The lowest BCUT2D eigenvalue weighted by molar-refractivity contribution is -0.344. The Bertz CT molecular complexity index is 629. The van der Waals surface area contributed by atoms with E-state index < -0.39 is 92.6 Å². The van der Waals surface area contributed by atoms with Crippen LogP contribution in [-0.2, 0) is 23.7 Å². The molecule has 15 heteroatoms. The zero-order valence-electron chi connectivity index (χ0n) is 18.4. The first-order valence-electron chi connectivity index (χ1n) is 10.9. The summed E-state index contributed by atoms with van der Waals surface area (Å²) < 4.78 is 22.2. The number of aliphatic hydroxyl groups is 7. The molecule has 2 fully saturated rings. The van der Waals surface area contributed by atoms with Gasteiger partial charge in [0.1, 0.15) is 61.0 Å². The number of carboxylic acid groups (broad SMARTS) is 1. The predicted octanol–water partition coefficient (Wildman–Crippen LogP) is -5.81. The first kappa shape index (κ1) is 29.2. The van der Waals surface area contributed by atoms with Gasteiger partial charge >= 0.3 is 5.97 Å². The maximum atomic E-state index is 10.9. The normalized spacial score (nSPS) is 40.6. The van der Waals surface area contributed by atoms with Gasteiger partial charge in [-0.25, -0.2) is 0 Å². The molecule has 0 radical (unpaired) electrons. The maximum absolute atomic E-state index is 10.9. The van der Waals surface area contributed by atoms with Crippen LogP contribution in [0.5, 0.6) is 0 Å². The van der Waals surface area contributed by atoms with E-state index in [1.165, 1.54) is 0 Å². The summed E-state index contributed by atoms with van der Waals surface area (Å²) in [5.41, 5.74) is 11.2. The average molecular weight is 500 g/mol. The van der Waals surface area contributed by atoms with Crippen molar-refractivity contribution in [2.45, 2.75) is 86.2 Å². The minimum absolute atomic E-state index is 0.00585. The van der Waals surface area contributed by atoms with E-state index in [1.54, 1.807) is 0 Å². The highest BCUT2D eigenvalue weighted by atomic mass is 16.7. The minimum Gasteiger partial charge on any atom is -0.480 e. The smallest absolute Gasteiger partial charge is 0.320 e. The van der Waals surface area contributed by atoms with E-state index in [1.807, 2.05) is 0 Å². The Morgan fingerprint density at radius 2 is 1.44 bits per heavy atom. The molecule has 0 aromatic heterocycles. The molecule has 0 aliphatic carbocycles. The van der Waals surface area contributed by atoms with Crippen LogP contribution in [0.3, 0.4) is 0 Å². The van der Waals surface area contributed by atoms with Crippen LogP contribution in [0.15, 0.2) is 0 Å². The Hall–Kier alpha value is -1.05. The van der Waals surface area contributed by atoms with E-state index in [0.29, 0.717) is 0 Å². The second-order valence-corrected chi connectivity index (χ2v) is 8.39. The number of hydrogen-bond donors (Lipinski definition) is 10. The monoisotopic (exact) mass is 500 g/mol. The van der Waals surface area contributed by atoms with Gasteiger partial charge in [-0.05, 0) is 12.8 Å². The van der Waals surface area contributed by atoms with Crippen molar-refractivity contribution in [2.24, 2.45) is 11.5 Å². The van der Waals surface area contributed by atoms with Gasteiger partial charge in [-0.3, -0.25) is 4.79 Å². The van der Waals surface area contributed by atoms with Gasteiger partial charge in [0.15, 0.2) is 6.29 Å². The van der Waals surface area contributed by atoms with Crippen LogP contribution in [0.1, 0.15) is 12.8 Å². The number of carboxylic acids is 1. The van der Waals surface area contributed by atoms with Gasteiger partial charge in [0, 0.05) is 6.54 Å². The number of nitrogens with two attached hydrogens (primary N) is 2. The van der Waals surface area contributed by atoms with Gasteiger partial charge in [0.05, 0.1) is 25.9 Å². The minimum atomic E-state index is -1.77. The summed E-state index contributed by atoms with van der Waals surface area (Å²) in [4.78, 5) is 10.9. The quantitative estimate of drug-likeness (QED) is 0.119. The SMILES string of the molecule is NCC(CC[C@H](N)C(=O)O)OC[C@@H]1O[C@H](CO)[C@H](O)[C@H](O)[C@H]1O[C@H]1O[C@H](CO)[C@@H](O)[C@H](O)[C@H]1O. The van der Waals surface area contributed by atoms with Crippen molar-refractivity contribution in [1.29, 1.82) is 0 Å².